The number of pyridine rings is 4. The number of aromatic nitrogens is 6. The second-order valence-corrected chi connectivity index (χ2v) is 9.43. The summed E-state index contributed by atoms with van der Waals surface area (Å²) < 4.78 is 3.96. The minimum atomic E-state index is -0.377. The number of anilines is 1. The highest BCUT2D eigenvalue weighted by molar-refractivity contribution is 5.94. The molecule has 40 heavy (non-hydrogen) atoms. The summed E-state index contributed by atoms with van der Waals surface area (Å²) in [6.45, 7) is 3.83. The molecule has 2 N–H and O–H groups in total. The van der Waals surface area contributed by atoms with E-state index in [4.69, 9.17) is 9.97 Å². The van der Waals surface area contributed by atoms with Crippen LogP contribution in [0.3, 0.4) is 0 Å². The van der Waals surface area contributed by atoms with E-state index < -0.39 is 0 Å². The van der Waals surface area contributed by atoms with Gasteiger partial charge in [-0.25, -0.2) is 15.0 Å². The minimum Gasteiger partial charge on any atom is -0.309 e. The number of hydrogen-bond acceptors (Lipinski definition) is 6. The van der Waals surface area contributed by atoms with Gasteiger partial charge in [-0.15, -0.1) is 0 Å². The maximum Gasteiger partial charge on any atom is 0.242 e. The third-order valence-electron chi connectivity index (χ3n) is 6.68. The molecule has 0 fully saturated rings. The van der Waals surface area contributed by atoms with E-state index in [0.29, 0.717) is 11.5 Å². The van der Waals surface area contributed by atoms with Crippen LogP contribution in [0.4, 0.5) is 5.82 Å². The average molecular weight is 527 g/mol. The molecule has 6 aromatic heterocycles. The predicted molar refractivity (Wildman–Crippen MR) is 155 cm³/mol. The number of fused-ring (bicyclic) bond motifs is 2. The second-order valence-electron chi connectivity index (χ2n) is 9.43. The maximum atomic E-state index is 12.6. The van der Waals surface area contributed by atoms with Crippen LogP contribution >= 0.6 is 0 Å². The lowest BCUT2D eigenvalue weighted by Crippen LogP contribution is -2.35. The first-order valence-corrected chi connectivity index (χ1v) is 12.8. The molecular weight excluding hydrogens is 500 g/mol. The molecule has 0 aliphatic heterocycles. The topological polar surface area (TPSA) is 102 Å². The summed E-state index contributed by atoms with van der Waals surface area (Å²) in [5.74, 6) is 6.75. The molecule has 9 nitrogen and oxygen atoms in total. The zero-order valence-electron chi connectivity index (χ0n) is 22.3. The highest BCUT2D eigenvalue weighted by Crippen LogP contribution is 2.34. The molecule has 0 saturated heterocycles. The number of hydrogen-bond donors (Lipinski definition) is 2. The van der Waals surface area contributed by atoms with E-state index in [0.717, 1.165) is 44.9 Å². The minimum absolute atomic E-state index is 0.185. The fraction of sp³-hybridized carbons (Fsp3) is 0.129. The number of amides is 1. The molecule has 6 heterocycles. The lowest BCUT2D eigenvalue weighted by molar-refractivity contribution is -0.117. The van der Waals surface area contributed by atoms with Crippen molar-refractivity contribution in [2.24, 2.45) is 0 Å². The van der Waals surface area contributed by atoms with E-state index >= 15 is 0 Å². The van der Waals surface area contributed by atoms with Crippen LogP contribution in [0, 0.1) is 18.8 Å². The van der Waals surface area contributed by atoms with Gasteiger partial charge in [0.25, 0.3) is 0 Å². The Balaban J connectivity index is 1.55. The molecule has 0 aliphatic rings. The van der Waals surface area contributed by atoms with Gasteiger partial charge in [-0.2, -0.15) is 0 Å². The van der Waals surface area contributed by atoms with Gasteiger partial charge >= 0.3 is 0 Å². The van der Waals surface area contributed by atoms with Crippen LogP contribution in [-0.2, 0) is 4.79 Å². The lowest BCUT2D eigenvalue weighted by atomic mass is 10.0. The van der Waals surface area contributed by atoms with Gasteiger partial charge in [0.1, 0.15) is 22.8 Å². The summed E-state index contributed by atoms with van der Waals surface area (Å²) in [5, 5.41) is 5.84. The van der Waals surface area contributed by atoms with Crippen molar-refractivity contribution in [1.29, 1.82) is 0 Å². The quantitative estimate of drug-likeness (QED) is 0.324. The van der Waals surface area contributed by atoms with Crippen molar-refractivity contribution in [3.05, 3.63) is 103 Å². The van der Waals surface area contributed by atoms with E-state index in [2.05, 4.69) is 32.4 Å². The van der Waals surface area contributed by atoms with E-state index in [-0.39, 0.29) is 11.9 Å². The number of likely N-dealkylation sites (N-methyl/N-ethyl adjacent to an activating group) is 1. The smallest absolute Gasteiger partial charge is 0.242 e. The van der Waals surface area contributed by atoms with Gasteiger partial charge in [0, 0.05) is 53.9 Å². The molecular formula is C31H26N8O. The maximum absolute atomic E-state index is 12.6. The van der Waals surface area contributed by atoms with Crippen LogP contribution < -0.4 is 10.6 Å². The first-order chi connectivity index (χ1) is 19.5. The molecule has 196 valence electrons. The summed E-state index contributed by atoms with van der Waals surface area (Å²) in [6.07, 6.45) is 11.1. The van der Waals surface area contributed by atoms with Gasteiger partial charge < -0.3 is 15.0 Å². The molecule has 0 aliphatic carbocycles. The van der Waals surface area contributed by atoms with Crippen LogP contribution in [0.2, 0.25) is 0 Å². The Morgan fingerprint density at radius 3 is 2.62 bits per heavy atom. The fourth-order valence-corrected chi connectivity index (χ4v) is 4.42. The number of carbonyl (C=O) groups is 1. The number of nitrogens with zero attached hydrogens (tertiary/aromatic N) is 6. The van der Waals surface area contributed by atoms with Crippen molar-refractivity contribution in [1.82, 2.24) is 34.1 Å². The third-order valence-corrected chi connectivity index (χ3v) is 6.68. The Hall–Kier alpha value is -5.33. The van der Waals surface area contributed by atoms with Crippen LogP contribution in [0.5, 0.6) is 0 Å². The van der Waals surface area contributed by atoms with Crippen LogP contribution in [0.1, 0.15) is 23.7 Å². The molecule has 6 rings (SSSR count). The molecule has 6 aromatic rings. The number of rotatable bonds is 5. The molecule has 0 spiro atoms. The third kappa shape index (κ3) is 4.79. The number of nitrogens with one attached hydrogen (secondary N) is 2. The lowest BCUT2D eigenvalue weighted by Gasteiger charge is -2.13. The van der Waals surface area contributed by atoms with Crippen LogP contribution in [0.25, 0.3) is 33.8 Å². The molecule has 0 saturated carbocycles. The van der Waals surface area contributed by atoms with Crippen molar-refractivity contribution in [2.75, 3.05) is 12.4 Å². The van der Waals surface area contributed by atoms with Crippen molar-refractivity contribution in [2.45, 2.75) is 19.9 Å². The average Bonchev–Trinajstić information content (AvgIpc) is 3.60. The van der Waals surface area contributed by atoms with Crippen LogP contribution in [-0.4, -0.2) is 47.7 Å². The number of aryl methyl sites for hydroxylation is 1. The Labute approximate surface area is 231 Å². The SMILES string of the molecule is CNC(C)C(=O)Nc1ccc(-c2c(-c3ccncc3)nc3cc(C)ccn23)c(C#Cc2ccc3nccn3c2)n1. The second kappa shape index (κ2) is 10.4. The summed E-state index contributed by atoms with van der Waals surface area (Å²) in [4.78, 5) is 30.9. The normalized spacial score (nSPS) is 11.8. The monoisotopic (exact) mass is 526 g/mol. The van der Waals surface area contributed by atoms with Crippen molar-refractivity contribution >= 4 is 23.0 Å². The van der Waals surface area contributed by atoms with Gasteiger partial charge in [0.2, 0.25) is 5.91 Å². The standard InChI is InChI=1S/C31H26N8O/c1-20-12-16-39-28(18-20)37-29(23-10-13-33-14-11-23)30(39)24-6-8-26(36-31(40)21(2)32-3)35-25(24)7-4-22-5-9-27-34-15-17-38(27)19-22/h5-6,8-19,21,32H,1-3H3,(H,35,36,40). The van der Waals surface area contributed by atoms with E-state index in [9.17, 15) is 4.79 Å². The highest BCUT2D eigenvalue weighted by atomic mass is 16.2. The van der Waals surface area contributed by atoms with Crippen molar-refractivity contribution in [3.8, 4) is 34.4 Å². The van der Waals surface area contributed by atoms with E-state index in [1.807, 2.05) is 76.8 Å². The van der Waals surface area contributed by atoms with Crippen LogP contribution in [0.15, 0.2) is 85.7 Å². The van der Waals surface area contributed by atoms with Gasteiger partial charge in [0.05, 0.1) is 17.4 Å². The molecule has 0 bridgehead atoms. The Bertz CT molecular complexity index is 1930. The number of imidazole rings is 2. The van der Waals surface area contributed by atoms with Gasteiger partial charge in [-0.3, -0.25) is 14.2 Å². The summed E-state index contributed by atoms with van der Waals surface area (Å²) >= 11 is 0. The molecule has 0 radical (unpaired) electrons. The van der Waals surface area contributed by atoms with E-state index in [1.54, 1.807) is 38.6 Å². The first kappa shape index (κ1) is 25.0. The highest BCUT2D eigenvalue weighted by Gasteiger charge is 2.20. The van der Waals surface area contributed by atoms with Gasteiger partial charge in [0.15, 0.2) is 0 Å². The Kier molecular flexibility index (Phi) is 6.52. The molecule has 1 unspecified atom stereocenters. The molecule has 0 aromatic carbocycles. The predicted octanol–water partition coefficient (Wildman–Crippen LogP) is 4.36. The van der Waals surface area contributed by atoms with Gasteiger partial charge in [-0.1, -0.05) is 5.92 Å². The Morgan fingerprint density at radius 1 is 0.950 bits per heavy atom. The summed E-state index contributed by atoms with van der Waals surface area (Å²) in [6, 6.07) is 15.2. The van der Waals surface area contributed by atoms with E-state index in [1.165, 1.54) is 0 Å². The van der Waals surface area contributed by atoms with Crippen molar-refractivity contribution in [3.63, 3.8) is 0 Å². The molecule has 9 heteroatoms. The van der Waals surface area contributed by atoms with Gasteiger partial charge in [-0.05, 0) is 80.9 Å². The zero-order chi connectivity index (χ0) is 27.6. The largest absolute Gasteiger partial charge is 0.309 e. The Morgan fingerprint density at radius 2 is 1.80 bits per heavy atom. The molecule has 1 atom stereocenters. The first-order valence-electron chi connectivity index (χ1n) is 12.8. The fourth-order valence-electron chi connectivity index (χ4n) is 4.42. The number of carbonyl (C=O) groups excluding carboxylic acids is 1. The summed E-state index contributed by atoms with van der Waals surface area (Å²) in [7, 11) is 1.74. The molecule has 1 amide bonds. The zero-order valence-corrected chi connectivity index (χ0v) is 22.3. The summed E-state index contributed by atoms with van der Waals surface area (Å²) in [5.41, 5.74) is 7.44. The van der Waals surface area contributed by atoms with Crippen molar-refractivity contribution < 1.29 is 4.79 Å².